The number of anilines is 1. The van der Waals surface area contributed by atoms with Crippen molar-refractivity contribution in [1.29, 1.82) is 5.26 Å². The summed E-state index contributed by atoms with van der Waals surface area (Å²) in [6.07, 6.45) is 1.07. The van der Waals surface area contributed by atoms with Gasteiger partial charge in [0.15, 0.2) is 0 Å². The van der Waals surface area contributed by atoms with Gasteiger partial charge in [0.25, 0.3) is 0 Å². The first-order valence-electron chi connectivity index (χ1n) is 5.99. The van der Waals surface area contributed by atoms with E-state index in [-0.39, 0.29) is 0 Å². The third-order valence-corrected chi connectivity index (χ3v) is 4.42. The molecule has 18 heavy (non-hydrogen) atoms. The van der Waals surface area contributed by atoms with Gasteiger partial charge in [-0.3, -0.25) is 0 Å². The van der Waals surface area contributed by atoms with Gasteiger partial charge in [0, 0.05) is 11.4 Å². The molecule has 1 aliphatic rings. The average molecular weight is 255 g/mol. The fourth-order valence-corrected chi connectivity index (χ4v) is 3.43. The molecule has 3 heterocycles. The lowest BCUT2D eigenvalue weighted by Gasteiger charge is -2.34. The Morgan fingerprint density at radius 2 is 2.33 bits per heavy atom. The molecule has 1 aliphatic heterocycles. The van der Waals surface area contributed by atoms with E-state index in [1.54, 1.807) is 6.07 Å². The zero-order valence-electron chi connectivity index (χ0n) is 10.1. The molecule has 0 aromatic carbocycles. The lowest BCUT2D eigenvalue weighted by atomic mass is 10.0. The van der Waals surface area contributed by atoms with Crippen molar-refractivity contribution in [2.45, 2.75) is 19.4 Å². The summed E-state index contributed by atoms with van der Waals surface area (Å²) in [6, 6.07) is 10.3. The third kappa shape index (κ3) is 1.77. The van der Waals surface area contributed by atoms with Gasteiger partial charge in [-0.1, -0.05) is 6.07 Å². The molecular weight excluding hydrogens is 242 g/mol. The Hall–Kier alpha value is -1.86. The Bertz CT molecular complexity index is 611. The summed E-state index contributed by atoms with van der Waals surface area (Å²) >= 11 is 1.83. The van der Waals surface area contributed by atoms with Crippen LogP contribution in [0.3, 0.4) is 0 Å². The summed E-state index contributed by atoms with van der Waals surface area (Å²) in [5.74, 6) is 0.901. The van der Waals surface area contributed by atoms with Crippen molar-refractivity contribution in [2.24, 2.45) is 0 Å². The zero-order chi connectivity index (χ0) is 12.5. The van der Waals surface area contributed by atoms with Gasteiger partial charge < -0.3 is 4.90 Å². The van der Waals surface area contributed by atoms with Crippen LogP contribution in [0.1, 0.15) is 29.1 Å². The van der Waals surface area contributed by atoms with E-state index < -0.39 is 0 Å². The number of aromatic nitrogens is 1. The maximum atomic E-state index is 8.92. The lowest BCUT2D eigenvalue weighted by molar-refractivity contribution is 0.625. The molecule has 4 heteroatoms. The van der Waals surface area contributed by atoms with E-state index >= 15 is 0 Å². The van der Waals surface area contributed by atoms with Gasteiger partial charge in [0.2, 0.25) is 0 Å². The van der Waals surface area contributed by atoms with Gasteiger partial charge in [-0.15, -0.1) is 11.3 Å². The largest absolute Gasteiger partial charge is 0.349 e. The van der Waals surface area contributed by atoms with E-state index in [1.165, 1.54) is 10.4 Å². The average Bonchev–Trinajstić information content (AvgIpc) is 2.88. The predicted molar refractivity (Wildman–Crippen MR) is 72.7 cm³/mol. The van der Waals surface area contributed by atoms with E-state index in [4.69, 9.17) is 5.26 Å². The van der Waals surface area contributed by atoms with Crippen LogP contribution < -0.4 is 4.90 Å². The fourth-order valence-electron chi connectivity index (χ4n) is 2.47. The normalized spacial score (nSPS) is 18.2. The molecule has 0 saturated heterocycles. The minimum Gasteiger partial charge on any atom is -0.349 e. The number of nitriles is 1. The highest BCUT2D eigenvalue weighted by atomic mass is 32.1. The first-order valence-corrected chi connectivity index (χ1v) is 6.87. The molecule has 2 aromatic rings. The van der Waals surface area contributed by atoms with E-state index in [9.17, 15) is 0 Å². The molecule has 3 nitrogen and oxygen atoms in total. The van der Waals surface area contributed by atoms with Crippen LogP contribution in [0.25, 0.3) is 0 Å². The van der Waals surface area contributed by atoms with Crippen LogP contribution in [0.15, 0.2) is 29.6 Å². The summed E-state index contributed by atoms with van der Waals surface area (Å²) in [5, 5.41) is 11.1. The Morgan fingerprint density at radius 3 is 3.17 bits per heavy atom. The second kappa shape index (κ2) is 4.43. The van der Waals surface area contributed by atoms with Crippen LogP contribution in [-0.2, 0) is 6.42 Å². The van der Waals surface area contributed by atoms with Crippen molar-refractivity contribution in [3.63, 3.8) is 0 Å². The van der Waals surface area contributed by atoms with E-state index in [0.717, 1.165) is 18.8 Å². The van der Waals surface area contributed by atoms with Crippen molar-refractivity contribution >= 4 is 17.2 Å². The molecule has 3 rings (SSSR count). The third-order valence-electron chi connectivity index (χ3n) is 3.42. The van der Waals surface area contributed by atoms with Crippen molar-refractivity contribution in [3.05, 3.63) is 45.8 Å². The highest BCUT2D eigenvalue weighted by Crippen LogP contribution is 2.35. The molecule has 0 aliphatic carbocycles. The first-order chi connectivity index (χ1) is 8.79. The summed E-state index contributed by atoms with van der Waals surface area (Å²) in [6.45, 7) is 3.17. The molecule has 2 aromatic heterocycles. The molecule has 1 atom stereocenters. The molecule has 90 valence electrons. The smallest absolute Gasteiger partial charge is 0.142 e. The van der Waals surface area contributed by atoms with Gasteiger partial charge >= 0.3 is 0 Å². The van der Waals surface area contributed by atoms with Gasteiger partial charge in [-0.05, 0) is 42.5 Å². The van der Waals surface area contributed by atoms with Crippen molar-refractivity contribution in [1.82, 2.24) is 4.98 Å². The number of hydrogen-bond donors (Lipinski definition) is 0. The number of thiophene rings is 1. The first kappa shape index (κ1) is 11.2. The summed E-state index contributed by atoms with van der Waals surface area (Å²) < 4.78 is 0. The molecule has 1 unspecified atom stereocenters. The Morgan fingerprint density at radius 1 is 1.44 bits per heavy atom. The van der Waals surface area contributed by atoms with Gasteiger partial charge in [-0.2, -0.15) is 5.26 Å². The number of hydrogen-bond acceptors (Lipinski definition) is 4. The van der Waals surface area contributed by atoms with Crippen LogP contribution in [0.5, 0.6) is 0 Å². The Kier molecular flexibility index (Phi) is 2.77. The molecule has 0 N–H and O–H groups in total. The summed E-state index contributed by atoms with van der Waals surface area (Å²) in [4.78, 5) is 8.15. The van der Waals surface area contributed by atoms with Gasteiger partial charge in [0.05, 0.1) is 6.04 Å². The number of nitrogens with zero attached hydrogens (tertiary/aromatic N) is 3. The quantitative estimate of drug-likeness (QED) is 0.786. The maximum absolute atomic E-state index is 8.92. The molecule has 0 radical (unpaired) electrons. The molecule has 0 saturated carbocycles. The SMILES string of the molecule is CC1c2ccsc2CCN1c1cccc(C#N)n1. The second-order valence-corrected chi connectivity index (χ2v) is 5.41. The van der Waals surface area contributed by atoms with Crippen LogP contribution in [0, 0.1) is 11.3 Å². The zero-order valence-corrected chi connectivity index (χ0v) is 10.9. The Balaban J connectivity index is 1.97. The molecular formula is C14H13N3S. The number of fused-ring (bicyclic) bond motifs is 1. The van der Waals surface area contributed by atoms with E-state index in [2.05, 4.69) is 34.3 Å². The molecule has 0 fully saturated rings. The Labute approximate surface area is 110 Å². The van der Waals surface area contributed by atoms with Crippen LogP contribution in [-0.4, -0.2) is 11.5 Å². The lowest BCUT2D eigenvalue weighted by Crippen LogP contribution is -2.33. The number of pyridine rings is 1. The van der Waals surface area contributed by atoms with Crippen molar-refractivity contribution in [2.75, 3.05) is 11.4 Å². The van der Waals surface area contributed by atoms with Crippen LogP contribution >= 0.6 is 11.3 Å². The minimum atomic E-state index is 0.335. The van der Waals surface area contributed by atoms with Crippen LogP contribution in [0.4, 0.5) is 5.82 Å². The minimum absolute atomic E-state index is 0.335. The van der Waals surface area contributed by atoms with E-state index in [1.807, 2.05) is 23.5 Å². The highest BCUT2D eigenvalue weighted by molar-refractivity contribution is 7.10. The highest BCUT2D eigenvalue weighted by Gasteiger charge is 2.25. The molecule has 0 amide bonds. The molecule has 0 bridgehead atoms. The topological polar surface area (TPSA) is 39.9 Å². The maximum Gasteiger partial charge on any atom is 0.142 e. The second-order valence-electron chi connectivity index (χ2n) is 4.41. The standard InChI is InChI=1S/C14H13N3S/c1-10-12-6-8-18-13(12)5-7-17(10)14-4-2-3-11(9-15)16-14/h2-4,6,8,10H,5,7H2,1H3. The van der Waals surface area contributed by atoms with Crippen molar-refractivity contribution < 1.29 is 0 Å². The summed E-state index contributed by atoms with van der Waals surface area (Å²) in [5.41, 5.74) is 1.88. The van der Waals surface area contributed by atoms with Crippen LogP contribution in [0.2, 0.25) is 0 Å². The van der Waals surface area contributed by atoms with Gasteiger partial charge in [0.1, 0.15) is 17.6 Å². The monoisotopic (exact) mass is 255 g/mol. The van der Waals surface area contributed by atoms with E-state index in [0.29, 0.717) is 11.7 Å². The fraction of sp³-hybridized carbons (Fsp3) is 0.286. The van der Waals surface area contributed by atoms with Gasteiger partial charge in [-0.25, -0.2) is 4.98 Å². The molecule has 0 spiro atoms. The predicted octanol–water partition coefficient (Wildman–Crippen LogP) is 3.14. The number of rotatable bonds is 1. The van der Waals surface area contributed by atoms with Crippen molar-refractivity contribution in [3.8, 4) is 6.07 Å². The summed E-state index contributed by atoms with van der Waals surface area (Å²) in [7, 11) is 0.